The van der Waals surface area contributed by atoms with Crippen molar-refractivity contribution < 1.29 is 4.74 Å². The van der Waals surface area contributed by atoms with E-state index >= 15 is 0 Å². The molecule has 3 heteroatoms. The number of benzene rings is 1. The Morgan fingerprint density at radius 2 is 2.05 bits per heavy atom. The van der Waals surface area contributed by atoms with Crippen molar-refractivity contribution in [2.75, 3.05) is 13.2 Å². The molecule has 0 fully saturated rings. The molecule has 0 saturated carbocycles. The molecule has 3 nitrogen and oxygen atoms in total. The molecule has 0 radical (unpaired) electrons. The lowest BCUT2D eigenvalue weighted by Gasteiger charge is -2.09. The predicted molar refractivity (Wildman–Crippen MR) is 79.2 cm³/mol. The van der Waals surface area contributed by atoms with Crippen LogP contribution in [0.3, 0.4) is 0 Å². The highest BCUT2D eigenvalue weighted by Crippen LogP contribution is 2.15. The number of nitrogens with one attached hydrogen (secondary N) is 1. The van der Waals surface area contributed by atoms with Crippen LogP contribution >= 0.6 is 0 Å². The van der Waals surface area contributed by atoms with E-state index in [9.17, 15) is 0 Å². The lowest BCUT2D eigenvalue weighted by Crippen LogP contribution is -2.17. The summed E-state index contributed by atoms with van der Waals surface area (Å²) >= 11 is 0. The molecule has 0 amide bonds. The molecule has 0 spiro atoms. The molecule has 1 aromatic carbocycles. The van der Waals surface area contributed by atoms with Gasteiger partial charge in [-0.25, -0.2) is 0 Å². The third-order valence-electron chi connectivity index (χ3n) is 3.00. The molecule has 0 aliphatic carbocycles. The Balaban J connectivity index is 1.82. The average Bonchev–Trinajstić information content (AvgIpc) is 2.42. The quantitative estimate of drug-likeness (QED) is 0.775. The Hall–Kier alpha value is -1.45. The molecule has 1 aromatic heterocycles. The summed E-state index contributed by atoms with van der Waals surface area (Å²) in [5.41, 5.74) is 2.36. The maximum absolute atomic E-state index is 5.51. The van der Waals surface area contributed by atoms with Crippen LogP contribution in [0.4, 0.5) is 0 Å². The number of rotatable bonds is 7. The van der Waals surface area contributed by atoms with Crippen molar-refractivity contribution in [3.05, 3.63) is 42.1 Å². The molecule has 102 valence electrons. The van der Waals surface area contributed by atoms with Crippen molar-refractivity contribution in [1.29, 1.82) is 0 Å². The second kappa shape index (κ2) is 7.22. The molecule has 2 aromatic rings. The summed E-state index contributed by atoms with van der Waals surface area (Å²) in [7, 11) is 0. The van der Waals surface area contributed by atoms with Crippen LogP contribution in [0.15, 0.2) is 36.5 Å². The molecular weight excluding hydrogens is 236 g/mol. The molecule has 1 heterocycles. The van der Waals surface area contributed by atoms with Crippen LogP contribution in [-0.4, -0.2) is 24.2 Å². The van der Waals surface area contributed by atoms with Crippen molar-refractivity contribution >= 4 is 10.9 Å². The second-order valence-electron chi connectivity index (χ2n) is 4.94. The fraction of sp³-hybridized carbons (Fsp3) is 0.438. The predicted octanol–water partition coefficient (Wildman–Crippen LogP) is 3.14. The normalized spacial score (nSPS) is 11.3. The average molecular weight is 258 g/mol. The molecule has 0 unspecified atom stereocenters. The van der Waals surface area contributed by atoms with E-state index in [1.54, 1.807) is 0 Å². The van der Waals surface area contributed by atoms with Crippen LogP contribution in [-0.2, 0) is 11.3 Å². The summed E-state index contributed by atoms with van der Waals surface area (Å²) in [4.78, 5) is 4.37. The standard InChI is InChI=1S/C16H22N2O/c1-13(2)19-11-5-9-17-12-14-8-10-18-16-7-4-3-6-15(14)16/h3-4,6-8,10,13,17H,5,9,11-12H2,1-2H3. The van der Waals surface area contributed by atoms with Crippen molar-refractivity contribution in [3.63, 3.8) is 0 Å². The zero-order valence-electron chi connectivity index (χ0n) is 11.7. The first-order valence-corrected chi connectivity index (χ1v) is 6.92. The van der Waals surface area contributed by atoms with E-state index in [-0.39, 0.29) is 0 Å². The first-order valence-electron chi connectivity index (χ1n) is 6.92. The fourth-order valence-corrected chi connectivity index (χ4v) is 2.05. The van der Waals surface area contributed by atoms with Crippen LogP contribution < -0.4 is 5.32 Å². The number of aromatic nitrogens is 1. The van der Waals surface area contributed by atoms with Gasteiger partial charge in [-0.15, -0.1) is 0 Å². The van der Waals surface area contributed by atoms with E-state index in [2.05, 4.69) is 48.4 Å². The Morgan fingerprint density at radius 3 is 2.89 bits per heavy atom. The molecule has 19 heavy (non-hydrogen) atoms. The Morgan fingerprint density at radius 1 is 1.21 bits per heavy atom. The number of hydrogen-bond acceptors (Lipinski definition) is 3. The minimum atomic E-state index is 0.323. The second-order valence-corrected chi connectivity index (χ2v) is 4.94. The van der Waals surface area contributed by atoms with Crippen LogP contribution in [0.1, 0.15) is 25.8 Å². The van der Waals surface area contributed by atoms with Gasteiger partial charge in [0.1, 0.15) is 0 Å². The first-order chi connectivity index (χ1) is 9.27. The summed E-state index contributed by atoms with van der Waals surface area (Å²) in [6.07, 6.45) is 3.24. The summed E-state index contributed by atoms with van der Waals surface area (Å²) in [6, 6.07) is 10.3. The van der Waals surface area contributed by atoms with Gasteiger partial charge < -0.3 is 10.1 Å². The highest BCUT2D eigenvalue weighted by molar-refractivity contribution is 5.81. The molecule has 0 aliphatic rings. The minimum absolute atomic E-state index is 0.323. The van der Waals surface area contributed by atoms with Gasteiger partial charge in [0.25, 0.3) is 0 Å². The van der Waals surface area contributed by atoms with Gasteiger partial charge in [0.05, 0.1) is 11.6 Å². The first kappa shape index (κ1) is 14.0. The van der Waals surface area contributed by atoms with E-state index in [1.807, 2.05) is 12.3 Å². The van der Waals surface area contributed by atoms with Crippen molar-refractivity contribution in [3.8, 4) is 0 Å². The van der Waals surface area contributed by atoms with Gasteiger partial charge in [0, 0.05) is 24.7 Å². The van der Waals surface area contributed by atoms with E-state index < -0.39 is 0 Å². The number of ether oxygens (including phenoxy) is 1. The van der Waals surface area contributed by atoms with Gasteiger partial charge in [0.2, 0.25) is 0 Å². The smallest absolute Gasteiger partial charge is 0.0705 e. The third-order valence-corrected chi connectivity index (χ3v) is 3.00. The van der Waals surface area contributed by atoms with Gasteiger partial charge >= 0.3 is 0 Å². The molecule has 0 bridgehead atoms. The van der Waals surface area contributed by atoms with Crippen molar-refractivity contribution in [1.82, 2.24) is 10.3 Å². The largest absolute Gasteiger partial charge is 0.379 e. The van der Waals surface area contributed by atoms with Crippen LogP contribution in [0.5, 0.6) is 0 Å². The molecule has 1 N–H and O–H groups in total. The van der Waals surface area contributed by atoms with Gasteiger partial charge in [-0.05, 0) is 44.5 Å². The summed E-state index contributed by atoms with van der Waals surface area (Å²) in [5, 5.41) is 4.69. The molecule has 0 atom stereocenters. The number of pyridine rings is 1. The third kappa shape index (κ3) is 4.30. The number of nitrogens with zero attached hydrogens (tertiary/aromatic N) is 1. The van der Waals surface area contributed by atoms with Crippen molar-refractivity contribution in [2.45, 2.75) is 32.9 Å². The minimum Gasteiger partial charge on any atom is -0.379 e. The number of fused-ring (bicyclic) bond motifs is 1. The summed E-state index contributed by atoms with van der Waals surface area (Å²) < 4.78 is 5.51. The van der Waals surface area contributed by atoms with Crippen LogP contribution in [0, 0.1) is 0 Å². The van der Waals surface area contributed by atoms with Crippen LogP contribution in [0.2, 0.25) is 0 Å². The maximum Gasteiger partial charge on any atom is 0.0705 e. The molecule has 0 saturated heterocycles. The SMILES string of the molecule is CC(C)OCCCNCc1ccnc2ccccc12. The van der Waals surface area contributed by atoms with Crippen molar-refractivity contribution in [2.24, 2.45) is 0 Å². The van der Waals surface area contributed by atoms with Crippen LogP contribution in [0.25, 0.3) is 10.9 Å². The summed E-state index contributed by atoms with van der Waals surface area (Å²) in [6.45, 7) is 6.81. The highest BCUT2D eigenvalue weighted by atomic mass is 16.5. The van der Waals surface area contributed by atoms with Gasteiger partial charge in [-0.1, -0.05) is 18.2 Å². The zero-order valence-corrected chi connectivity index (χ0v) is 11.7. The van der Waals surface area contributed by atoms with E-state index in [1.165, 1.54) is 10.9 Å². The monoisotopic (exact) mass is 258 g/mol. The van der Waals surface area contributed by atoms with E-state index in [4.69, 9.17) is 4.74 Å². The Labute approximate surface area is 115 Å². The maximum atomic E-state index is 5.51. The topological polar surface area (TPSA) is 34.1 Å². The lowest BCUT2D eigenvalue weighted by molar-refractivity contribution is 0.0770. The number of hydrogen-bond donors (Lipinski definition) is 1. The zero-order chi connectivity index (χ0) is 13.5. The summed E-state index contributed by atoms with van der Waals surface area (Å²) in [5.74, 6) is 0. The highest BCUT2D eigenvalue weighted by Gasteiger charge is 2.00. The van der Waals surface area contributed by atoms with E-state index in [0.717, 1.165) is 31.6 Å². The molecule has 2 rings (SSSR count). The van der Waals surface area contributed by atoms with E-state index in [0.29, 0.717) is 6.10 Å². The molecular formula is C16H22N2O. The number of para-hydroxylation sites is 1. The van der Waals surface area contributed by atoms with Gasteiger partial charge in [-0.2, -0.15) is 0 Å². The van der Waals surface area contributed by atoms with Gasteiger partial charge in [0.15, 0.2) is 0 Å². The molecule has 0 aliphatic heterocycles. The van der Waals surface area contributed by atoms with Gasteiger partial charge in [-0.3, -0.25) is 4.98 Å². The lowest BCUT2D eigenvalue weighted by atomic mass is 10.1. The Kier molecular flexibility index (Phi) is 5.31. The fourth-order valence-electron chi connectivity index (χ4n) is 2.05. The Bertz CT molecular complexity index is 506.